The fourth-order valence-electron chi connectivity index (χ4n) is 3.78. The molecule has 122 valence electrons. The van der Waals surface area contributed by atoms with Crippen LogP contribution in [0.15, 0.2) is 0 Å². The van der Waals surface area contributed by atoms with E-state index in [1.165, 1.54) is 25.7 Å². The van der Waals surface area contributed by atoms with Gasteiger partial charge in [0, 0.05) is 51.9 Å². The Labute approximate surface area is 128 Å². The first-order chi connectivity index (χ1) is 10.2. The summed E-state index contributed by atoms with van der Waals surface area (Å²) in [6.45, 7) is 6.05. The zero-order chi connectivity index (χ0) is 14.7. The molecule has 0 aromatic rings. The molecule has 0 spiro atoms. The van der Waals surface area contributed by atoms with Crippen LogP contribution in [0.2, 0.25) is 0 Å². The van der Waals surface area contributed by atoms with E-state index in [0.29, 0.717) is 32.2 Å². The summed E-state index contributed by atoms with van der Waals surface area (Å²) in [6, 6.07) is 0.706. The molecule has 0 bridgehead atoms. The van der Waals surface area contributed by atoms with Crippen molar-refractivity contribution in [3.05, 3.63) is 0 Å². The molecule has 0 aromatic carbocycles. The first-order valence-corrected chi connectivity index (χ1v) is 9.77. The molecule has 0 aromatic heterocycles. The molecule has 2 heterocycles. The molecular formula is C14H28N4O2S. The van der Waals surface area contributed by atoms with E-state index in [9.17, 15) is 8.42 Å². The fraction of sp³-hybridized carbons (Fsp3) is 1.00. The highest BCUT2D eigenvalue weighted by atomic mass is 32.2. The molecule has 0 amide bonds. The average molecular weight is 316 g/mol. The Balaban J connectivity index is 1.57. The monoisotopic (exact) mass is 316 g/mol. The van der Waals surface area contributed by atoms with Crippen LogP contribution in [0.25, 0.3) is 0 Å². The minimum Gasteiger partial charge on any atom is -0.315 e. The molecule has 0 atom stereocenters. The van der Waals surface area contributed by atoms with E-state index in [0.717, 1.165) is 32.6 Å². The number of hydrogen-bond acceptors (Lipinski definition) is 4. The van der Waals surface area contributed by atoms with Crippen LogP contribution in [0.5, 0.6) is 0 Å². The van der Waals surface area contributed by atoms with Gasteiger partial charge in [-0.2, -0.15) is 17.0 Å². The van der Waals surface area contributed by atoms with E-state index in [2.05, 4.69) is 10.2 Å². The Bertz CT molecular complexity index is 420. The Kier molecular flexibility index (Phi) is 5.16. The van der Waals surface area contributed by atoms with Crippen LogP contribution < -0.4 is 5.32 Å². The van der Waals surface area contributed by atoms with Crippen molar-refractivity contribution in [3.63, 3.8) is 0 Å². The third kappa shape index (κ3) is 3.59. The predicted molar refractivity (Wildman–Crippen MR) is 83.4 cm³/mol. The van der Waals surface area contributed by atoms with Crippen molar-refractivity contribution in [2.24, 2.45) is 0 Å². The molecule has 21 heavy (non-hydrogen) atoms. The number of piperazine rings is 1. The Morgan fingerprint density at radius 2 is 1.43 bits per heavy atom. The van der Waals surface area contributed by atoms with Crippen LogP contribution in [0.3, 0.4) is 0 Å². The number of hydrogen-bond donors (Lipinski definition) is 1. The lowest BCUT2D eigenvalue weighted by atomic mass is 10.2. The minimum absolute atomic E-state index is 0.602. The summed E-state index contributed by atoms with van der Waals surface area (Å²) >= 11 is 0. The summed E-state index contributed by atoms with van der Waals surface area (Å²) in [7, 11) is -3.26. The molecule has 0 unspecified atom stereocenters. The molecule has 1 aliphatic carbocycles. The molecule has 3 fully saturated rings. The van der Waals surface area contributed by atoms with Crippen molar-refractivity contribution in [2.75, 3.05) is 52.4 Å². The van der Waals surface area contributed by atoms with E-state index in [4.69, 9.17) is 0 Å². The second-order valence-electron chi connectivity index (χ2n) is 6.38. The van der Waals surface area contributed by atoms with Gasteiger partial charge in [0.05, 0.1) is 0 Å². The first-order valence-electron chi connectivity index (χ1n) is 8.38. The number of nitrogens with zero attached hydrogens (tertiary/aromatic N) is 3. The molecular weight excluding hydrogens is 288 g/mol. The van der Waals surface area contributed by atoms with Gasteiger partial charge in [0.1, 0.15) is 0 Å². The molecule has 2 aliphatic heterocycles. The Morgan fingerprint density at radius 3 is 2.14 bits per heavy atom. The van der Waals surface area contributed by atoms with Crippen LogP contribution in [0.1, 0.15) is 32.1 Å². The van der Waals surface area contributed by atoms with Gasteiger partial charge in [0.15, 0.2) is 0 Å². The van der Waals surface area contributed by atoms with Crippen LogP contribution in [0.4, 0.5) is 0 Å². The minimum atomic E-state index is -3.26. The first kappa shape index (κ1) is 15.7. The van der Waals surface area contributed by atoms with E-state index in [1.54, 1.807) is 8.61 Å². The predicted octanol–water partition coefficient (Wildman–Crippen LogP) is 0.0867. The lowest BCUT2D eigenvalue weighted by Crippen LogP contribution is -2.55. The van der Waals surface area contributed by atoms with Gasteiger partial charge in [0.2, 0.25) is 0 Å². The molecule has 6 nitrogen and oxygen atoms in total. The summed E-state index contributed by atoms with van der Waals surface area (Å²) in [5, 5.41) is 3.26. The molecule has 3 aliphatic rings. The standard InChI is InChI=1S/C14H28N4O2S/c19-21(20,17-8-3-6-15-7-9-17)18-12-10-16(11-13-18)14-4-1-2-5-14/h14-15H,1-13H2. The van der Waals surface area contributed by atoms with Gasteiger partial charge in [0.25, 0.3) is 10.2 Å². The molecule has 1 N–H and O–H groups in total. The lowest BCUT2D eigenvalue weighted by molar-refractivity contribution is 0.135. The quantitative estimate of drug-likeness (QED) is 0.802. The lowest BCUT2D eigenvalue weighted by Gasteiger charge is -2.39. The maximum absolute atomic E-state index is 12.7. The Morgan fingerprint density at radius 1 is 0.762 bits per heavy atom. The second-order valence-corrected chi connectivity index (χ2v) is 8.31. The van der Waals surface area contributed by atoms with Crippen molar-refractivity contribution >= 4 is 10.2 Å². The summed E-state index contributed by atoms with van der Waals surface area (Å²) in [4.78, 5) is 2.50. The summed E-state index contributed by atoms with van der Waals surface area (Å²) < 4.78 is 28.8. The van der Waals surface area contributed by atoms with E-state index < -0.39 is 10.2 Å². The highest BCUT2D eigenvalue weighted by molar-refractivity contribution is 7.86. The number of nitrogens with one attached hydrogen (secondary N) is 1. The van der Waals surface area contributed by atoms with Crippen LogP contribution in [-0.4, -0.2) is 80.3 Å². The van der Waals surface area contributed by atoms with E-state index >= 15 is 0 Å². The van der Waals surface area contributed by atoms with Gasteiger partial charge < -0.3 is 5.32 Å². The van der Waals surface area contributed by atoms with Gasteiger partial charge in [-0.3, -0.25) is 4.90 Å². The molecule has 1 saturated carbocycles. The van der Waals surface area contributed by atoms with E-state index in [-0.39, 0.29) is 0 Å². The normalized spacial score (nSPS) is 28.8. The van der Waals surface area contributed by atoms with Crippen molar-refractivity contribution in [1.82, 2.24) is 18.8 Å². The molecule has 2 saturated heterocycles. The van der Waals surface area contributed by atoms with Crippen molar-refractivity contribution in [1.29, 1.82) is 0 Å². The smallest absolute Gasteiger partial charge is 0.282 e. The van der Waals surface area contributed by atoms with Gasteiger partial charge in [-0.1, -0.05) is 12.8 Å². The van der Waals surface area contributed by atoms with Crippen LogP contribution in [-0.2, 0) is 10.2 Å². The van der Waals surface area contributed by atoms with Gasteiger partial charge in [-0.15, -0.1) is 0 Å². The SMILES string of the molecule is O=S(=O)(N1CCCNCC1)N1CCN(C2CCCC2)CC1. The Hall–Kier alpha value is -0.210. The summed E-state index contributed by atoms with van der Waals surface area (Å²) in [5.41, 5.74) is 0. The maximum atomic E-state index is 12.7. The van der Waals surface area contributed by atoms with Gasteiger partial charge >= 0.3 is 0 Å². The molecule has 0 radical (unpaired) electrons. The zero-order valence-corrected chi connectivity index (χ0v) is 13.7. The highest BCUT2D eigenvalue weighted by Crippen LogP contribution is 2.25. The van der Waals surface area contributed by atoms with Crippen molar-refractivity contribution in [3.8, 4) is 0 Å². The maximum Gasteiger partial charge on any atom is 0.282 e. The van der Waals surface area contributed by atoms with Crippen LogP contribution in [0, 0.1) is 0 Å². The van der Waals surface area contributed by atoms with Gasteiger partial charge in [-0.25, -0.2) is 0 Å². The highest BCUT2D eigenvalue weighted by Gasteiger charge is 2.34. The molecule has 7 heteroatoms. The third-order valence-corrected chi connectivity index (χ3v) is 7.10. The van der Waals surface area contributed by atoms with E-state index in [1.807, 2.05) is 0 Å². The zero-order valence-electron chi connectivity index (χ0n) is 12.8. The fourth-order valence-corrected chi connectivity index (χ4v) is 5.42. The van der Waals surface area contributed by atoms with Gasteiger partial charge in [-0.05, 0) is 25.8 Å². The topological polar surface area (TPSA) is 55.9 Å². The van der Waals surface area contributed by atoms with Crippen LogP contribution >= 0.6 is 0 Å². The molecule has 3 rings (SSSR count). The largest absolute Gasteiger partial charge is 0.315 e. The summed E-state index contributed by atoms with van der Waals surface area (Å²) in [6.07, 6.45) is 6.17. The summed E-state index contributed by atoms with van der Waals surface area (Å²) in [5.74, 6) is 0. The average Bonchev–Trinajstić information content (AvgIpc) is 2.89. The van der Waals surface area contributed by atoms with Crippen molar-refractivity contribution in [2.45, 2.75) is 38.1 Å². The second kappa shape index (κ2) is 6.91. The van der Waals surface area contributed by atoms with Crippen molar-refractivity contribution < 1.29 is 8.42 Å². The number of rotatable bonds is 3. The third-order valence-electron chi connectivity index (χ3n) is 5.07.